The Morgan fingerprint density at radius 2 is 1.76 bits per heavy atom. The van der Waals surface area contributed by atoms with Crippen molar-refractivity contribution in [3.05, 3.63) is 65.7 Å². The lowest BCUT2D eigenvalue weighted by Gasteiger charge is -2.12. The molecule has 2 aromatic carbocycles. The fourth-order valence-corrected chi connectivity index (χ4v) is 2.49. The lowest BCUT2D eigenvalue weighted by Crippen LogP contribution is -2.15. The molecule has 0 amide bonds. The summed E-state index contributed by atoms with van der Waals surface area (Å²) in [4.78, 5) is 16.4. The summed E-state index contributed by atoms with van der Waals surface area (Å²) in [7, 11) is 0. The zero-order chi connectivity index (χ0) is 18.1. The largest absolute Gasteiger partial charge is 0.459 e. The molecule has 0 saturated heterocycles. The Hall–Kier alpha value is -2.42. The topological polar surface area (TPSA) is 38.7 Å². The molecule has 0 saturated carbocycles. The number of rotatable bonds is 8. The minimum absolute atomic E-state index is 0.132. The first-order valence-electron chi connectivity index (χ1n) is 8.98. The maximum atomic E-state index is 12.0. The van der Waals surface area contributed by atoms with Gasteiger partial charge in [0.05, 0.1) is 17.4 Å². The first-order valence-corrected chi connectivity index (χ1v) is 8.98. The van der Waals surface area contributed by atoms with Crippen molar-refractivity contribution in [1.82, 2.24) is 0 Å². The summed E-state index contributed by atoms with van der Waals surface area (Å²) in [5, 5.41) is 0. The van der Waals surface area contributed by atoms with E-state index in [1.54, 1.807) is 12.1 Å². The molecule has 0 radical (unpaired) electrons. The summed E-state index contributed by atoms with van der Waals surface area (Å²) in [6, 6.07) is 17.5. The Balaban J connectivity index is 1.76. The third-order valence-electron chi connectivity index (χ3n) is 4.33. The second kappa shape index (κ2) is 9.77. The van der Waals surface area contributed by atoms with E-state index in [-0.39, 0.29) is 12.1 Å². The van der Waals surface area contributed by atoms with Crippen molar-refractivity contribution in [2.24, 2.45) is 4.99 Å². The van der Waals surface area contributed by atoms with Crippen LogP contribution in [0.2, 0.25) is 0 Å². The summed E-state index contributed by atoms with van der Waals surface area (Å²) in [5.41, 5.74) is 2.90. The molecule has 0 aliphatic rings. The molecule has 0 bridgehead atoms. The molecule has 2 atom stereocenters. The van der Waals surface area contributed by atoms with Crippen LogP contribution in [0.25, 0.3) is 0 Å². The highest BCUT2D eigenvalue weighted by molar-refractivity contribution is 5.89. The van der Waals surface area contributed by atoms with E-state index in [4.69, 9.17) is 4.74 Å². The van der Waals surface area contributed by atoms with Gasteiger partial charge in [0, 0.05) is 6.21 Å². The lowest BCUT2D eigenvalue weighted by atomic mass is 9.99. The van der Waals surface area contributed by atoms with Crippen LogP contribution in [-0.2, 0) is 4.74 Å². The number of esters is 1. The summed E-state index contributed by atoms with van der Waals surface area (Å²) in [6.07, 6.45) is 4.43. The first-order chi connectivity index (χ1) is 12.1. The fraction of sp³-hybridized carbons (Fsp3) is 0.364. The molecule has 0 N–H and O–H groups in total. The SMILES string of the molecule is CCC(C)c1ccc(N=CCCC(C)OC(=O)c2ccccc2)cc1. The lowest BCUT2D eigenvalue weighted by molar-refractivity contribution is 0.0329. The van der Waals surface area contributed by atoms with Crippen molar-refractivity contribution in [2.75, 3.05) is 0 Å². The van der Waals surface area contributed by atoms with Gasteiger partial charge in [-0.15, -0.1) is 0 Å². The Bertz CT molecular complexity index is 677. The van der Waals surface area contributed by atoms with E-state index in [2.05, 4.69) is 43.1 Å². The number of ether oxygens (including phenoxy) is 1. The van der Waals surface area contributed by atoms with Crippen molar-refractivity contribution in [3.8, 4) is 0 Å². The first kappa shape index (κ1) is 18.9. The monoisotopic (exact) mass is 337 g/mol. The smallest absolute Gasteiger partial charge is 0.338 e. The number of carbonyl (C=O) groups is 1. The van der Waals surface area contributed by atoms with Crippen molar-refractivity contribution in [3.63, 3.8) is 0 Å². The maximum absolute atomic E-state index is 12.0. The fourth-order valence-electron chi connectivity index (χ4n) is 2.49. The number of carbonyl (C=O) groups excluding carboxylic acids is 1. The van der Waals surface area contributed by atoms with Gasteiger partial charge < -0.3 is 4.74 Å². The minimum Gasteiger partial charge on any atom is -0.459 e. The predicted molar refractivity (Wildman–Crippen MR) is 104 cm³/mol. The summed E-state index contributed by atoms with van der Waals surface area (Å²) in [6.45, 7) is 6.34. The molecule has 0 aromatic heterocycles. The van der Waals surface area contributed by atoms with Gasteiger partial charge in [0.1, 0.15) is 0 Å². The van der Waals surface area contributed by atoms with Gasteiger partial charge in [-0.3, -0.25) is 4.99 Å². The van der Waals surface area contributed by atoms with Gasteiger partial charge in [0.15, 0.2) is 0 Å². The van der Waals surface area contributed by atoms with E-state index in [9.17, 15) is 4.79 Å². The molecule has 0 aliphatic heterocycles. The standard InChI is InChI=1S/C22H27NO2/c1-4-17(2)19-12-14-21(15-13-19)23-16-8-9-18(3)25-22(24)20-10-6-5-7-11-20/h5-7,10-18H,4,8-9H2,1-3H3. The van der Waals surface area contributed by atoms with Crippen molar-refractivity contribution >= 4 is 17.9 Å². The minimum atomic E-state index is -0.273. The van der Waals surface area contributed by atoms with Crippen LogP contribution in [0.5, 0.6) is 0 Å². The van der Waals surface area contributed by atoms with Crippen LogP contribution < -0.4 is 0 Å². The Morgan fingerprint density at radius 1 is 1.08 bits per heavy atom. The molecular formula is C22H27NO2. The molecule has 2 rings (SSSR count). The molecule has 132 valence electrons. The van der Waals surface area contributed by atoms with E-state index >= 15 is 0 Å². The van der Waals surface area contributed by atoms with E-state index in [0.29, 0.717) is 11.5 Å². The van der Waals surface area contributed by atoms with Crippen molar-refractivity contribution in [1.29, 1.82) is 0 Å². The normalized spacial score (nSPS) is 13.6. The van der Waals surface area contributed by atoms with Crippen LogP contribution in [0.15, 0.2) is 59.6 Å². The number of hydrogen-bond donors (Lipinski definition) is 0. The zero-order valence-electron chi connectivity index (χ0n) is 15.3. The van der Waals surface area contributed by atoms with Gasteiger partial charge in [-0.05, 0) is 61.9 Å². The summed E-state index contributed by atoms with van der Waals surface area (Å²) in [5.74, 6) is 0.309. The average Bonchev–Trinajstić information content (AvgIpc) is 2.65. The maximum Gasteiger partial charge on any atom is 0.338 e. The Labute approximate surface area is 150 Å². The summed E-state index contributed by atoms with van der Waals surface area (Å²) < 4.78 is 5.44. The predicted octanol–water partition coefficient (Wildman–Crippen LogP) is 5.93. The highest BCUT2D eigenvalue weighted by Gasteiger charge is 2.10. The Kier molecular flexibility index (Phi) is 7.39. The van der Waals surface area contributed by atoms with Gasteiger partial charge in [-0.25, -0.2) is 4.79 Å². The molecule has 3 nitrogen and oxygen atoms in total. The van der Waals surface area contributed by atoms with E-state index < -0.39 is 0 Å². The third kappa shape index (κ3) is 6.18. The van der Waals surface area contributed by atoms with E-state index in [1.165, 1.54) is 5.56 Å². The number of benzene rings is 2. The quantitative estimate of drug-likeness (QED) is 0.442. The van der Waals surface area contributed by atoms with Gasteiger partial charge >= 0.3 is 5.97 Å². The third-order valence-corrected chi connectivity index (χ3v) is 4.33. The highest BCUT2D eigenvalue weighted by Crippen LogP contribution is 2.21. The average molecular weight is 337 g/mol. The van der Waals surface area contributed by atoms with Gasteiger partial charge in [0.2, 0.25) is 0 Å². The summed E-state index contributed by atoms with van der Waals surface area (Å²) >= 11 is 0. The molecule has 25 heavy (non-hydrogen) atoms. The second-order valence-electron chi connectivity index (χ2n) is 6.37. The highest BCUT2D eigenvalue weighted by atomic mass is 16.5. The molecule has 3 heteroatoms. The van der Waals surface area contributed by atoms with Crippen LogP contribution in [0.1, 0.15) is 61.9 Å². The molecule has 0 spiro atoms. The van der Waals surface area contributed by atoms with Crippen LogP contribution in [0.3, 0.4) is 0 Å². The van der Waals surface area contributed by atoms with Gasteiger partial charge in [-0.1, -0.05) is 44.2 Å². The van der Waals surface area contributed by atoms with Crippen molar-refractivity contribution < 1.29 is 9.53 Å². The Morgan fingerprint density at radius 3 is 2.40 bits per heavy atom. The zero-order valence-corrected chi connectivity index (χ0v) is 15.3. The molecule has 2 aromatic rings. The van der Waals surface area contributed by atoms with E-state index in [1.807, 2.05) is 31.3 Å². The van der Waals surface area contributed by atoms with E-state index in [0.717, 1.165) is 24.9 Å². The van der Waals surface area contributed by atoms with Crippen LogP contribution in [0.4, 0.5) is 5.69 Å². The van der Waals surface area contributed by atoms with Gasteiger partial charge in [-0.2, -0.15) is 0 Å². The molecular weight excluding hydrogens is 310 g/mol. The number of aliphatic imine (C=N–C) groups is 1. The number of hydrogen-bond acceptors (Lipinski definition) is 3. The van der Waals surface area contributed by atoms with Crippen LogP contribution in [-0.4, -0.2) is 18.3 Å². The van der Waals surface area contributed by atoms with Crippen molar-refractivity contribution in [2.45, 2.75) is 52.1 Å². The molecule has 0 aliphatic carbocycles. The van der Waals surface area contributed by atoms with Crippen LogP contribution in [0, 0.1) is 0 Å². The molecule has 0 fully saturated rings. The molecule has 2 unspecified atom stereocenters. The second-order valence-corrected chi connectivity index (χ2v) is 6.37. The molecule has 0 heterocycles. The van der Waals surface area contributed by atoms with Crippen LogP contribution >= 0.6 is 0 Å². The van der Waals surface area contributed by atoms with Gasteiger partial charge in [0.25, 0.3) is 0 Å². The number of nitrogens with zero attached hydrogens (tertiary/aromatic N) is 1.